The molecule has 0 aromatic heterocycles. The lowest BCUT2D eigenvalue weighted by Crippen LogP contribution is -2.59. The average molecular weight is 437 g/mol. The molecule has 3 saturated heterocycles. The molecule has 2 amide bonds. The van der Waals surface area contributed by atoms with E-state index in [1.807, 2.05) is 0 Å². The minimum absolute atomic E-state index is 0.169. The molecule has 1 aliphatic carbocycles. The van der Waals surface area contributed by atoms with Crippen molar-refractivity contribution in [2.75, 3.05) is 32.8 Å². The van der Waals surface area contributed by atoms with Crippen molar-refractivity contribution in [1.82, 2.24) is 20.2 Å². The summed E-state index contributed by atoms with van der Waals surface area (Å²) in [6, 6.07) is 1.32. The van der Waals surface area contributed by atoms with E-state index in [2.05, 4.69) is 22.0 Å². The number of carbonyl (C=O) groups excluding carboxylic acids is 2. The van der Waals surface area contributed by atoms with Crippen molar-refractivity contribution in [2.24, 2.45) is 0 Å². The van der Waals surface area contributed by atoms with Crippen LogP contribution < -0.4 is 5.32 Å². The van der Waals surface area contributed by atoms with Crippen molar-refractivity contribution in [1.29, 1.82) is 0 Å². The summed E-state index contributed by atoms with van der Waals surface area (Å²) in [5.41, 5.74) is 0.175. The number of fused-ring (bicyclic) bond motifs is 1. The van der Waals surface area contributed by atoms with E-state index in [-0.39, 0.29) is 11.6 Å². The van der Waals surface area contributed by atoms with Crippen LogP contribution in [0.4, 0.5) is 9.59 Å². The van der Waals surface area contributed by atoms with E-state index in [4.69, 9.17) is 9.57 Å². The Hall–Kier alpha value is -1.54. The summed E-state index contributed by atoms with van der Waals surface area (Å²) in [6.07, 6.45) is 10.6. The van der Waals surface area contributed by atoms with E-state index < -0.39 is 6.16 Å². The van der Waals surface area contributed by atoms with Crippen LogP contribution in [-0.2, 0) is 9.57 Å². The first kappa shape index (κ1) is 22.6. The second-order valence-corrected chi connectivity index (χ2v) is 9.71. The van der Waals surface area contributed by atoms with Gasteiger partial charge < -0.3 is 19.8 Å². The third-order valence-electron chi connectivity index (χ3n) is 7.99. The first-order chi connectivity index (χ1) is 15.1. The summed E-state index contributed by atoms with van der Waals surface area (Å²) in [7, 11) is 0. The largest absolute Gasteiger partial charge is 0.527 e. The van der Waals surface area contributed by atoms with Gasteiger partial charge in [-0.1, -0.05) is 26.2 Å². The standard InChI is InChI=1S/C23H40N4O4/c1-3-11-23(12-16-26(17-13-23)31-22(29)30-4-2)25-14-9-18(10-15-25)27-20-8-6-5-7-19(20)24-21(27)28/h18-20H,3-17H2,1-2H3,(H,24,28)/t19-,20-/m0/s1. The van der Waals surface area contributed by atoms with Crippen molar-refractivity contribution >= 4 is 12.2 Å². The number of nitrogens with zero attached hydrogens (tertiary/aromatic N) is 3. The fourth-order valence-corrected chi connectivity index (χ4v) is 6.48. The number of carbonyl (C=O) groups is 2. The Kier molecular flexibility index (Phi) is 7.26. The average Bonchev–Trinajstić information content (AvgIpc) is 3.11. The van der Waals surface area contributed by atoms with Gasteiger partial charge >= 0.3 is 12.2 Å². The van der Waals surface area contributed by atoms with Gasteiger partial charge in [-0.2, -0.15) is 0 Å². The van der Waals surface area contributed by atoms with Crippen LogP contribution in [0.5, 0.6) is 0 Å². The number of nitrogens with one attached hydrogen (secondary N) is 1. The summed E-state index contributed by atoms with van der Waals surface area (Å²) in [5, 5.41) is 5.01. The maximum atomic E-state index is 12.7. The lowest BCUT2D eigenvalue weighted by Gasteiger charge is -2.51. The smallest absolute Gasteiger partial charge is 0.433 e. The van der Waals surface area contributed by atoms with Gasteiger partial charge in [0, 0.05) is 37.8 Å². The van der Waals surface area contributed by atoms with Gasteiger partial charge in [0.25, 0.3) is 0 Å². The molecule has 8 nitrogen and oxygen atoms in total. The molecule has 0 spiro atoms. The van der Waals surface area contributed by atoms with E-state index in [9.17, 15) is 9.59 Å². The molecule has 2 atom stereocenters. The Morgan fingerprint density at radius 2 is 1.77 bits per heavy atom. The number of urea groups is 1. The van der Waals surface area contributed by atoms with Gasteiger partial charge in [0.2, 0.25) is 0 Å². The lowest BCUT2D eigenvalue weighted by atomic mass is 9.80. The summed E-state index contributed by atoms with van der Waals surface area (Å²) in [5.74, 6) is 0. The Morgan fingerprint density at radius 3 is 2.45 bits per heavy atom. The topological polar surface area (TPSA) is 74.4 Å². The molecule has 8 heteroatoms. The van der Waals surface area contributed by atoms with Crippen LogP contribution >= 0.6 is 0 Å². The molecule has 1 saturated carbocycles. The molecular formula is C23H40N4O4. The molecular weight excluding hydrogens is 396 g/mol. The number of ether oxygens (including phenoxy) is 1. The molecule has 176 valence electrons. The van der Waals surface area contributed by atoms with Gasteiger partial charge in [0.1, 0.15) is 0 Å². The van der Waals surface area contributed by atoms with Gasteiger partial charge in [-0.3, -0.25) is 4.90 Å². The zero-order valence-electron chi connectivity index (χ0n) is 19.3. The van der Waals surface area contributed by atoms with Crippen molar-refractivity contribution in [3.8, 4) is 0 Å². The van der Waals surface area contributed by atoms with Crippen molar-refractivity contribution in [3.05, 3.63) is 0 Å². The van der Waals surface area contributed by atoms with Crippen LogP contribution in [0.3, 0.4) is 0 Å². The predicted octanol–water partition coefficient (Wildman–Crippen LogP) is 3.51. The predicted molar refractivity (Wildman–Crippen MR) is 118 cm³/mol. The molecule has 4 aliphatic rings. The van der Waals surface area contributed by atoms with Crippen LogP contribution in [0, 0.1) is 0 Å². The van der Waals surface area contributed by atoms with E-state index in [1.165, 1.54) is 19.3 Å². The zero-order chi connectivity index (χ0) is 21.8. The number of hydrogen-bond acceptors (Lipinski definition) is 6. The molecule has 0 bridgehead atoms. The minimum Gasteiger partial charge on any atom is -0.433 e. The Morgan fingerprint density at radius 1 is 1.06 bits per heavy atom. The summed E-state index contributed by atoms with van der Waals surface area (Å²) in [4.78, 5) is 34.6. The summed E-state index contributed by atoms with van der Waals surface area (Å²) >= 11 is 0. The van der Waals surface area contributed by atoms with Crippen LogP contribution in [0.25, 0.3) is 0 Å². The van der Waals surface area contributed by atoms with Crippen LogP contribution in [0.2, 0.25) is 0 Å². The molecule has 0 unspecified atom stereocenters. The fraction of sp³-hybridized carbons (Fsp3) is 0.913. The highest BCUT2D eigenvalue weighted by molar-refractivity contribution is 5.78. The molecule has 1 N–H and O–H groups in total. The van der Waals surface area contributed by atoms with Gasteiger partial charge in [-0.25, -0.2) is 9.59 Å². The number of likely N-dealkylation sites (tertiary alicyclic amines) is 1. The van der Waals surface area contributed by atoms with Gasteiger partial charge in [0.15, 0.2) is 0 Å². The van der Waals surface area contributed by atoms with Gasteiger partial charge in [-0.15, -0.1) is 5.06 Å². The highest BCUT2D eigenvalue weighted by Gasteiger charge is 2.46. The Labute approximate surface area is 186 Å². The maximum Gasteiger partial charge on any atom is 0.527 e. The normalized spacial score (nSPS) is 30.0. The highest BCUT2D eigenvalue weighted by atomic mass is 16.8. The molecule has 4 fully saturated rings. The third kappa shape index (κ3) is 4.80. The molecule has 0 aromatic rings. The van der Waals surface area contributed by atoms with Crippen LogP contribution in [0.1, 0.15) is 78.1 Å². The van der Waals surface area contributed by atoms with E-state index in [1.54, 1.807) is 12.0 Å². The zero-order valence-corrected chi connectivity index (χ0v) is 19.3. The second-order valence-electron chi connectivity index (χ2n) is 9.71. The van der Waals surface area contributed by atoms with E-state index in [0.29, 0.717) is 24.7 Å². The number of hydrogen-bond donors (Lipinski definition) is 1. The Balaban J connectivity index is 1.33. The molecule has 3 aliphatic heterocycles. The molecule has 0 radical (unpaired) electrons. The highest BCUT2D eigenvalue weighted by Crippen LogP contribution is 2.38. The molecule has 4 rings (SSSR count). The van der Waals surface area contributed by atoms with Crippen molar-refractivity contribution in [3.63, 3.8) is 0 Å². The minimum atomic E-state index is -0.601. The first-order valence-electron chi connectivity index (χ1n) is 12.5. The monoisotopic (exact) mass is 436 g/mol. The number of rotatable bonds is 6. The Bertz CT molecular complexity index is 629. The summed E-state index contributed by atoms with van der Waals surface area (Å²) < 4.78 is 4.92. The first-order valence-corrected chi connectivity index (χ1v) is 12.5. The number of piperidine rings is 2. The van der Waals surface area contributed by atoms with Gasteiger partial charge in [-0.05, 0) is 51.9 Å². The molecule has 3 heterocycles. The lowest BCUT2D eigenvalue weighted by molar-refractivity contribution is -0.159. The van der Waals surface area contributed by atoms with Crippen molar-refractivity contribution < 1.29 is 19.2 Å². The quantitative estimate of drug-likeness (QED) is 0.643. The number of amides is 2. The second kappa shape index (κ2) is 9.94. The maximum absolute atomic E-state index is 12.7. The number of hydroxylamine groups is 2. The fourth-order valence-electron chi connectivity index (χ4n) is 6.48. The summed E-state index contributed by atoms with van der Waals surface area (Å²) in [6.45, 7) is 7.96. The van der Waals surface area contributed by atoms with Crippen LogP contribution in [0.15, 0.2) is 0 Å². The van der Waals surface area contributed by atoms with Crippen molar-refractivity contribution in [2.45, 2.75) is 102 Å². The SMILES string of the molecule is CCCC1(N2CCC(N3C(=O)N[C@H]4CCCC[C@@H]43)CC2)CCN(OC(=O)OCC)CC1. The third-order valence-corrected chi connectivity index (χ3v) is 7.99. The van der Waals surface area contributed by atoms with Crippen LogP contribution in [-0.4, -0.2) is 83.5 Å². The van der Waals surface area contributed by atoms with E-state index >= 15 is 0 Å². The molecule has 31 heavy (non-hydrogen) atoms. The van der Waals surface area contributed by atoms with E-state index in [0.717, 1.165) is 71.1 Å². The van der Waals surface area contributed by atoms with Gasteiger partial charge in [0.05, 0.1) is 18.7 Å². The molecule has 0 aromatic carbocycles.